The van der Waals surface area contributed by atoms with Crippen LogP contribution in [0.2, 0.25) is 13.1 Å². The topological polar surface area (TPSA) is 0 Å². The Labute approximate surface area is 172 Å². The standard InChI is InChI=1S/C28H22Si/c1-29(2)26-16-15-23(22-14-13-19-7-3-4-8-21(19)17-22)18-25(26)24-11-5-9-20-10-6-12-27(29)28(20)24/h3-18H,1-2H3. The predicted molar refractivity (Wildman–Crippen MR) is 129 cm³/mol. The molecule has 1 aliphatic rings. The normalized spacial score (nSPS) is 14.1. The highest BCUT2D eigenvalue weighted by atomic mass is 28.3. The molecule has 0 bridgehead atoms. The molecule has 5 aromatic carbocycles. The van der Waals surface area contributed by atoms with Crippen LogP contribution in [-0.4, -0.2) is 8.07 Å². The molecule has 0 atom stereocenters. The van der Waals surface area contributed by atoms with Crippen molar-refractivity contribution in [1.82, 2.24) is 0 Å². The van der Waals surface area contributed by atoms with Crippen molar-refractivity contribution in [3.05, 3.63) is 97.1 Å². The fourth-order valence-corrected chi connectivity index (χ4v) is 8.18. The molecule has 138 valence electrons. The molecule has 1 heterocycles. The van der Waals surface area contributed by atoms with E-state index in [-0.39, 0.29) is 0 Å². The maximum absolute atomic E-state index is 2.49. The maximum atomic E-state index is 2.49. The van der Waals surface area contributed by atoms with E-state index < -0.39 is 8.07 Å². The molecule has 0 radical (unpaired) electrons. The molecule has 0 saturated heterocycles. The van der Waals surface area contributed by atoms with Crippen molar-refractivity contribution in [2.75, 3.05) is 0 Å². The average Bonchev–Trinajstić information content (AvgIpc) is 2.77. The molecule has 0 saturated carbocycles. The van der Waals surface area contributed by atoms with Crippen LogP contribution in [0.3, 0.4) is 0 Å². The molecule has 1 aliphatic heterocycles. The van der Waals surface area contributed by atoms with Crippen molar-refractivity contribution >= 4 is 40.0 Å². The second-order valence-corrected chi connectivity index (χ2v) is 13.0. The lowest BCUT2D eigenvalue weighted by molar-refractivity contribution is 1.61. The minimum atomic E-state index is -1.73. The number of hydrogen-bond donors (Lipinski definition) is 0. The van der Waals surface area contributed by atoms with Gasteiger partial charge in [0, 0.05) is 0 Å². The number of rotatable bonds is 1. The third kappa shape index (κ3) is 2.38. The third-order valence-corrected chi connectivity index (χ3v) is 10.2. The molecule has 0 aliphatic carbocycles. The number of benzene rings is 5. The van der Waals surface area contributed by atoms with Gasteiger partial charge in [0.1, 0.15) is 8.07 Å². The Bertz CT molecular complexity index is 1420. The van der Waals surface area contributed by atoms with Gasteiger partial charge in [0.25, 0.3) is 0 Å². The highest BCUT2D eigenvalue weighted by molar-refractivity contribution is 7.03. The van der Waals surface area contributed by atoms with E-state index in [1.807, 2.05) is 0 Å². The van der Waals surface area contributed by atoms with E-state index in [1.165, 1.54) is 43.8 Å². The summed E-state index contributed by atoms with van der Waals surface area (Å²) in [7, 11) is -1.73. The largest absolute Gasteiger partial charge is 0.113 e. The van der Waals surface area contributed by atoms with E-state index in [1.54, 1.807) is 10.4 Å². The van der Waals surface area contributed by atoms with Crippen LogP contribution >= 0.6 is 0 Å². The molecule has 0 aromatic heterocycles. The number of hydrogen-bond acceptors (Lipinski definition) is 0. The first-order valence-corrected chi connectivity index (χ1v) is 13.3. The summed E-state index contributed by atoms with van der Waals surface area (Å²) in [6.45, 7) is 4.98. The Kier molecular flexibility index (Phi) is 3.42. The molecule has 0 nitrogen and oxygen atoms in total. The van der Waals surface area contributed by atoms with Gasteiger partial charge >= 0.3 is 0 Å². The molecule has 0 fully saturated rings. The lowest BCUT2D eigenvalue weighted by Crippen LogP contribution is -2.55. The van der Waals surface area contributed by atoms with Crippen LogP contribution in [-0.2, 0) is 0 Å². The van der Waals surface area contributed by atoms with E-state index in [4.69, 9.17) is 0 Å². The second kappa shape index (κ2) is 5.92. The molecule has 5 aromatic rings. The van der Waals surface area contributed by atoms with Crippen molar-refractivity contribution in [3.63, 3.8) is 0 Å². The van der Waals surface area contributed by atoms with Gasteiger partial charge in [0.2, 0.25) is 0 Å². The zero-order valence-corrected chi connectivity index (χ0v) is 17.7. The van der Waals surface area contributed by atoms with Crippen molar-refractivity contribution < 1.29 is 0 Å². The van der Waals surface area contributed by atoms with E-state index in [0.717, 1.165) is 0 Å². The molecule has 0 N–H and O–H groups in total. The lowest BCUT2D eigenvalue weighted by atomic mass is 9.94. The number of fused-ring (bicyclic) bond motifs is 3. The smallest absolute Gasteiger partial charge is 0.0619 e. The summed E-state index contributed by atoms with van der Waals surface area (Å²) in [4.78, 5) is 0. The first-order valence-electron chi connectivity index (χ1n) is 10.3. The van der Waals surface area contributed by atoms with Gasteiger partial charge in [0.15, 0.2) is 0 Å². The Morgan fingerprint density at radius 3 is 2.03 bits per heavy atom. The molecule has 1 heteroatoms. The van der Waals surface area contributed by atoms with Gasteiger partial charge in [-0.1, -0.05) is 98.0 Å². The van der Waals surface area contributed by atoms with E-state index in [2.05, 4.69) is 110 Å². The fourth-order valence-electron chi connectivity index (χ4n) is 5.09. The molecule has 6 rings (SSSR count). The molecule has 29 heavy (non-hydrogen) atoms. The highest BCUT2D eigenvalue weighted by Gasteiger charge is 2.35. The van der Waals surface area contributed by atoms with Gasteiger partial charge in [-0.25, -0.2) is 0 Å². The monoisotopic (exact) mass is 386 g/mol. The van der Waals surface area contributed by atoms with Crippen LogP contribution in [0.1, 0.15) is 0 Å². The summed E-state index contributed by atoms with van der Waals surface area (Å²) >= 11 is 0. The first-order chi connectivity index (χ1) is 14.1. The van der Waals surface area contributed by atoms with Crippen molar-refractivity contribution in [2.45, 2.75) is 13.1 Å². The highest BCUT2D eigenvalue weighted by Crippen LogP contribution is 2.36. The molecule has 0 unspecified atom stereocenters. The average molecular weight is 387 g/mol. The van der Waals surface area contributed by atoms with Crippen LogP contribution in [0.4, 0.5) is 0 Å². The summed E-state index contributed by atoms with van der Waals surface area (Å²) in [5.41, 5.74) is 5.41. The maximum Gasteiger partial charge on any atom is 0.113 e. The Morgan fingerprint density at radius 2 is 1.17 bits per heavy atom. The Balaban J connectivity index is 1.63. The lowest BCUT2D eigenvalue weighted by Gasteiger charge is -2.33. The third-order valence-electron chi connectivity index (χ3n) is 6.64. The zero-order chi connectivity index (χ0) is 19.6. The van der Waals surface area contributed by atoms with Crippen molar-refractivity contribution in [3.8, 4) is 22.3 Å². The van der Waals surface area contributed by atoms with Crippen molar-refractivity contribution in [2.24, 2.45) is 0 Å². The van der Waals surface area contributed by atoms with Crippen LogP contribution in [0.15, 0.2) is 97.1 Å². The summed E-state index contributed by atoms with van der Waals surface area (Å²) in [5, 5.41) is 8.54. The van der Waals surface area contributed by atoms with Gasteiger partial charge in [-0.15, -0.1) is 0 Å². The molecular weight excluding hydrogens is 364 g/mol. The van der Waals surface area contributed by atoms with E-state index in [0.29, 0.717) is 0 Å². The minimum Gasteiger partial charge on any atom is -0.0619 e. The van der Waals surface area contributed by atoms with Crippen LogP contribution < -0.4 is 10.4 Å². The zero-order valence-electron chi connectivity index (χ0n) is 16.7. The second-order valence-electron chi connectivity index (χ2n) is 8.66. The van der Waals surface area contributed by atoms with Crippen LogP contribution in [0.5, 0.6) is 0 Å². The predicted octanol–water partition coefficient (Wildman–Crippen LogP) is 6.46. The first kappa shape index (κ1) is 16.8. The molecule has 0 amide bonds. The summed E-state index contributed by atoms with van der Waals surface area (Å²) in [5.74, 6) is 0. The quantitative estimate of drug-likeness (QED) is 0.290. The SMILES string of the molecule is C[Si]1(C)c2ccc(-c3ccc4ccccc4c3)cc2-c2cccc3cccc1c23. The molecular formula is C28H22Si. The van der Waals surface area contributed by atoms with Crippen LogP contribution in [0, 0.1) is 0 Å². The van der Waals surface area contributed by atoms with E-state index in [9.17, 15) is 0 Å². The van der Waals surface area contributed by atoms with Crippen molar-refractivity contribution in [1.29, 1.82) is 0 Å². The van der Waals surface area contributed by atoms with Gasteiger partial charge < -0.3 is 0 Å². The summed E-state index contributed by atoms with van der Waals surface area (Å²) in [6, 6.07) is 36.2. The van der Waals surface area contributed by atoms with Gasteiger partial charge in [0.05, 0.1) is 0 Å². The fraction of sp³-hybridized carbons (Fsp3) is 0.0714. The van der Waals surface area contributed by atoms with Gasteiger partial charge in [-0.3, -0.25) is 0 Å². The summed E-state index contributed by atoms with van der Waals surface area (Å²) < 4.78 is 0. The minimum absolute atomic E-state index is 1.29. The Morgan fingerprint density at radius 1 is 0.483 bits per heavy atom. The Hall–Kier alpha value is -3.16. The van der Waals surface area contributed by atoms with E-state index >= 15 is 0 Å². The van der Waals surface area contributed by atoms with Gasteiger partial charge in [-0.2, -0.15) is 0 Å². The summed E-state index contributed by atoms with van der Waals surface area (Å²) in [6.07, 6.45) is 0. The van der Waals surface area contributed by atoms with Crippen LogP contribution in [0.25, 0.3) is 43.8 Å². The molecule has 0 spiro atoms. The van der Waals surface area contributed by atoms with Gasteiger partial charge in [-0.05, 0) is 66.3 Å².